The largest absolute Gasteiger partial charge is 0.396 e. The lowest BCUT2D eigenvalue weighted by atomic mass is 10.4. The molecule has 5 heteroatoms. The zero-order chi connectivity index (χ0) is 7.78. The van der Waals surface area contributed by atoms with Gasteiger partial charge in [0.2, 0.25) is 10.0 Å². The average Bonchev–Trinajstić information content (AvgIpc) is 2.42. The second-order valence-corrected chi connectivity index (χ2v) is 4.45. The Balaban J connectivity index is 2.31. The summed E-state index contributed by atoms with van der Waals surface area (Å²) in [6.07, 6.45) is 1.89. The molecule has 0 saturated heterocycles. The van der Waals surface area contributed by atoms with Gasteiger partial charge < -0.3 is 5.11 Å². The average molecular weight is 165 g/mol. The van der Waals surface area contributed by atoms with Gasteiger partial charge in [0.1, 0.15) is 0 Å². The van der Waals surface area contributed by atoms with Crippen molar-refractivity contribution in [1.82, 2.24) is 4.72 Å². The molecule has 2 atom stereocenters. The Bertz CT molecular complexity index is 211. The standard InChI is InChI=1S/C5H11NO3S/c1-10(8,9)6-5-2-4(5)3-7/h4-7H,2-3H2,1H3/t4-,5+/m0/s1. The van der Waals surface area contributed by atoms with E-state index in [2.05, 4.69) is 4.72 Å². The predicted molar refractivity (Wildman–Crippen MR) is 37.0 cm³/mol. The molecule has 0 aromatic heterocycles. The molecule has 10 heavy (non-hydrogen) atoms. The molecule has 1 fully saturated rings. The van der Waals surface area contributed by atoms with Crippen LogP contribution in [0.2, 0.25) is 0 Å². The van der Waals surface area contributed by atoms with Crippen molar-refractivity contribution in [2.24, 2.45) is 5.92 Å². The van der Waals surface area contributed by atoms with Gasteiger partial charge in [0.15, 0.2) is 0 Å². The number of aliphatic hydroxyl groups excluding tert-OH is 1. The summed E-state index contributed by atoms with van der Waals surface area (Å²) in [6, 6.07) is -0.0139. The highest BCUT2D eigenvalue weighted by atomic mass is 32.2. The molecule has 0 bridgehead atoms. The number of nitrogens with one attached hydrogen (secondary N) is 1. The van der Waals surface area contributed by atoms with Crippen molar-refractivity contribution in [1.29, 1.82) is 0 Å². The smallest absolute Gasteiger partial charge is 0.208 e. The van der Waals surface area contributed by atoms with E-state index in [0.717, 1.165) is 12.7 Å². The molecule has 0 aromatic rings. The van der Waals surface area contributed by atoms with E-state index in [1.165, 1.54) is 0 Å². The van der Waals surface area contributed by atoms with Crippen molar-refractivity contribution < 1.29 is 13.5 Å². The molecule has 4 nitrogen and oxygen atoms in total. The minimum Gasteiger partial charge on any atom is -0.396 e. The Labute approximate surface area is 60.3 Å². The zero-order valence-electron chi connectivity index (χ0n) is 5.74. The Kier molecular flexibility index (Phi) is 1.98. The van der Waals surface area contributed by atoms with Gasteiger partial charge in [-0.15, -0.1) is 0 Å². The molecule has 0 radical (unpaired) electrons. The molecular weight excluding hydrogens is 154 g/mol. The second kappa shape index (κ2) is 2.48. The topological polar surface area (TPSA) is 66.4 Å². The number of aliphatic hydroxyl groups is 1. The lowest BCUT2D eigenvalue weighted by Crippen LogP contribution is -2.25. The highest BCUT2D eigenvalue weighted by Crippen LogP contribution is 2.29. The number of hydrogen-bond donors (Lipinski definition) is 2. The van der Waals surface area contributed by atoms with Crippen LogP contribution in [0.1, 0.15) is 6.42 Å². The van der Waals surface area contributed by atoms with Crippen molar-refractivity contribution in [3.05, 3.63) is 0 Å². The molecule has 0 aromatic carbocycles. The van der Waals surface area contributed by atoms with E-state index in [9.17, 15) is 8.42 Å². The van der Waals surface area contributed by atoms with Crippen molar-refractivity contribution in [2.45, 2.75) is 12.5 Å². The summed E-state index contributed by atoms with van der Waals surface area (Å²) in [7, 11) is -3.07. The first kappa shape index (κ1) is 7.97. The number of sulfonamides is 1. The van der Waals surface area contributed by atoms with Crippen LogP contribution in [0.25, 0.3) is 0 Å². The maximum Gasteiger partial charge on any atom is 0.208 e. The van der Waals surface area contributed by atoms with E-state index in [1.54, 1.807) is 0 Å². The maximum absolute atomic E-state index is 10.6. The van der Waals surface area contributed by atoms with Gasteiger partial charge in [0, 0.05) is 12.6 Å². The molecule has 0 spiro atoms. The van der Waals surface area contributed by atoms with Gasteiger partial charge in [0.25, 0.3) is 0 Å². The molecule has 1 rings (SSSR count). The minimum atomic E-state index is -3.07. The highest BCUT2D eigenvalue weighted by Gasteiger charge is 2.38. The van der Waals surface area contributed by atoms with Crippen molar-refractivity contribution in [2.75, 3.05) is 12.9 Å². The first-order valence-electron chi connectivity index (χ1n) is 3.11. The van der Waals surface area contributed by atoms with Gasteiger partial charge in [-0.3, -0.25) is 0 Å². The van der Waals surface area contributed by atoms with Gasteiger partial charge in [-0.05, 0) is 12.3 Å². The van der Waals surface area contributed by atoms with Gasteiger partial charge in [0.05, 0.1) is 6.26 Å². The number of rotatable bonds is 3. The maximum atomic E-state index is 10.6. The molecule has 0 amide bonds. The van der Waals surface area contributed by atoms with Crippen LogP contribution in [-0.4, -0.2) is 32.4 Å². The normalized spacial score (nSPS) is 32.2. The molecule has 60 valence electrons. The summed E-state index contributed by atoms with van der Waals surface area (Å²) >= 11 is 0. The molecule has 1 aliphatic carbocycles. The van der Waals surface area contributed by atoms with Crippen LogP contribution in [0.3, 0.4) is 0 Å². The lowest BCUT2D eigenvalue weighted by Gasteiger charge is -1.97. The van der Waals surface area contributed by atoms with Crippen LogP contribution in [-0.2, 0) is 10.0 Å². The van der Waals surface area contributed by atoms with E-state index in [0.29, 0.717) is 0 Å². The fourth-order valence-corrected chi connectivity index (χ4v) is 1.71. The zero-order valence-corrected chi connectivity index (χ0v) is 6.56. The summed E-state index contributed by atoms with van der Waals surface area (Å²) in [5, 5.41) is 8.54. The van der Waals surface area contributed by atoms with Gasteiger partial charge >= 0.3 is 0 Å². The fraction of sp³-hybridized carbons (Fsp3) is 1.00. The van der Waals surface area contributed by atoms with Crippen LogP contribution in [0.15, 0.2) is 0 Å². The van der Waals surface area contributed by atoms with E-state index >= 15 is 0 Å². The monoisotopic (exact) mass is 165 g/mol. The van der Waals surface area contributed by atoms with Gasteiger partial charge in [-0.2, -0.15) is 0 Å². The Morgan fingerprint density at radius 1 is 1.70 bits per heavy atom. The lowest BCUT2D eigenvalue weighted by molar-refractivity contribution is 0.273. The summed E-state index contributed by atoms with van der Waals surface area (Å²) in [6.45, 7) is 0.0766. The summed E-state index contributed by atoms with van der Waals surface area (Å²) in [5.74, 6) is 0.148. The quantitative estimate of drug-likeness (QED) is 0.559. The van der Waals surface area contributed by atoms with Crippen LogP contribution in [0, 0.1) is 5.92 Å². The van der Waals surface area contributed by atoms with Crippen molar-refractivity contribution in [3.8, 4) is 0 Å². The van der Waals surface area contributed by atoms with Crippen LogP contribution in [0.4, 0.5) is 0 Å². The van der Waals surface area contributed by atoms with E-state index in [1.807, 2.05) is 0 Å². The summed E-state index contributed by atoms with van der Waals surface area (Å²) < 4.78 is 23.5. The van der Waals surface area contributed by atoms with E-state index < -0.39 is 10.0 Å². The molecule has 2 N–H and O–H groups in total. The Morgan fingerprint density at radius 2 is 2.30 bits per heavy atom. The summed E-state index contributed by atoms with van der Waals surface area (Å²) in [5.41, 5.74) is 0. The van der Waals surface area contributed by atoms with Crippen LogP contribution >= 0.6 is 0 Å². The third-order valence-electron chi connectivity index (χ3n) is 1.52. The third kappa shape index (κ3) is 2.24. The van der Waals surface area contributed by atoms with E-state index in [-0.39, 0.29) is 18.6 Å². The number of hydrogen-bond acceptors (Lipinski definition) is 3. The van der Waals surface area contributed by atoms with Gasteiger partial charge in [-0.25, -0.2) is 13.1 Å². The molecule has 1 saturated carbocycles. The SMILES string of the molecule is CS(=O)(=O)N[C@@H]1C[C@H]1CO. The summed E-state index contributed by atoms with van der Waals surface area (Å²) in [4.78, 5) is 0. The predicted octanol–water partition coefficient (Wildman–Crippen LogP) is -1.08. The Morgan fingerprint density at radius 3 is 2.60 bits per heavy atom. The highest BCUT2D eigenvalue weighted by molar-refractivity contribution is 7.88. The van der Waals surface area contributed by atoms with Crippen LogP contribution < -0.4 is 4.72 Å². The third-order valence-corrected chi connectivity index (χ3v) is 2.25. The first-order valence-corrected chi connectivity index (χ1v) is 5.00. The fourth-order valence-electron chi connectivity index (χ4n) is 0.869. The van der Waals surface area contributed by atoms with Gasteiger partial charge in [-0.1, -0.05) is 0 Å². The second-order valence-electron chi connectivity index (χ2n) is 2.67. The van der Waals surface area contributed by atoms with Crippen molar-refractivity contribution in [3.63, 3.8) is 0 Å². The Hall–Kier alpha value is -0.130. The molecule has 0 unspecified atom stereocenters. The minimum absolute atomic E-state index is 0.0139. The van der Waals surface area contributed by atoms with Crippen molar-refractivity contribution >= 4 is 10.0 Å². The first-order chi connectivity index (χ1) is 4.53. The molecule has 0 aliphatic heterocycles. The molecule has 0 heterocycles. The molecule has 1 aliphatic rings. The van der Waals surface area contributed by atoms with E-state index in [4.69, 9.17) is 5.11 Å². The molecular formula is C5H11NO3S. The van der Waals surface area contributed by atoms with Crippen LogP contribution in [0.5, 0.6) is 0 Å².